The number of hydrogen-bond donors (Lipinski definition) is 2. The number of carbonyl (C=O) groups excluding carboxylic acids is 2. The fourth-order valence-corrected chi connectivity index (χ4v) is 2.52. The van der Waals surface area contributed by atoms with Gasteiger partial charge in [-0.1, -0.05) is 36.4 Å². The van der Waals surface area contributed by atoms with Gasteiger partial charge in [0.25, 0.3) is 0 Å². The van der Waals surface area contributed by atoms with Crippen LogP contribution in [0, 0.1) is 0 Å². The van der Waals surface area contributed by atoms with E-state index in [1.807, 2.05) is 60.7 Å². The van der Waals surface area contributed by atoms with Crippen LogP contribution in [0.25, 0.3) is 0 Å². The maximum Gasteiger partial charge on any atom is 0.234 e. The molecule has 0 aliphatic rings. The minimum absolute atomic E-state index is 0.0397. The molecule has 2 rings (SSSR count). The monoisotopic (exact) mass is 314 g/mol. The molecule has 0 unspecified atom stereocenters. The number of nitrogens with one attached hydrogen (secondary N) is 2. The zero-order valence-corrected chi connectivity index (χ0v) is 12.9. The van der Waals surface area contributed by atoms with Crippen molar-refractivity contribution in [3.63, 3.8) is 0 Å². The minimum Gasteiger partial charge on any atom is -0.326 e. The second-order valence-corrected chi connectivity index (χ2v) is 5.74. The molecule has 5 heteroatoms. The summed E-state index contributed by atoms with van der Waals surface area (Å²) in [4.78, 5) is 23.4. The number of rotatable bonds is 7. The van der Waals surface area contributed by atoms with Crippen molar-refractivity contribution in [2.24, 2.45) is 0 Å². The normalized spacial score (nSPS) is 10.0. The lowest BCUT2D eigenvalue weighted by Gasteiger charge is -2.06. The van der Waals surface area contributed by atoms with E-state index in [-0.39, 0.29) is 11.8 Å². The van der Waals surface area contributed by atoms with E-state index in [9.17, 15) is 9.59 Å². The predicted molar refractivity (Wildman–Crippen MR) is 92.1 cm³/mol. The van der Waals surface area contributed by atoms with E-state index in [2.05, 4.69) is 10.6 Å². The molecule has 0 heterocycles. The van der Waals surface area contributed by atoms with E-state index >= 15 is 0 Å². The van der Waals surface area contributed by atoms with Gasteiger partial charge in [-0.05, 0) is 24.3 Å². The quantitative estimate of drug-likeness (QED) is 0.770. The summed E-state index contributed by atoms with van der Waals surface area (Å²) < 4.78 is 0. The number of amides is 2. The van der Waals surface area contributed by atoms with Crippen LogP contribution < -0.4 is 10.6 Å². The van der Waals surface area contributed by atoms with E-state index in [1.165, 1.54) is 11.8 Å². The topological polar surface area (TPSA) is 58.2 Å². The average Bonchev–Trinajstić information content (AvgIpc) is 2.53. The van der Waals surface area contributed by atoms with Gasteiger partial charge in [0.15, 0.2) is 0 Å². The summed E-state index contributed by atoms with van der Waals surface area (Å²) in [5.41, 5.74) is 1.58. The van der Waals surface area contributed by atoms with Gasteiger partial charge in [-0.15, -0.1) is 0 Å². The Morgan fingerprint density at radius 1 is 0.773 bits per heavy atom. The predicted octanol–water partition coefficient (Wildman–Crippen LogP) is 3.39. The van der Waals surface area contributed by atoms with Gasteiger partial charge in [0.05, 0.1) is 5.75 Å². The number of para-hydroxylation sites is 2. The number of carbonyl (C=O) groups is 2. The molecule has 0 aromatic heterocycles. The number of hydrogen-bond acceptors (Lipinski definition) is 3. The van der Waals surface area contributed by atoms with Gasteiger partial charge >= 0.3 is 0 Å². The van der Waals surface area contributed by atoms with Crippen molar-refractivity contribution in [1.82, 2.24) is 0 Å². The number of benzene rings is 2. The molecule has 0 saturated carbocycles. The zero-order chi connectivity index (χ0) is 15.6. The standard InChI is InChI=1S/C17H18N2O2S/c20-16(18-14-7-3-1-4-8-14)11-12-22-13-17(21)19-15-9-5-2-6-10-15/h1-10H,11-13H2,(H,18,20)(H,19,21). The molecule has 114 valence electrons. The lowest BCUT2D eigenvalue weighted by molar-refractivity contribution is -0.116. The Morgan fingerprint density at radius 2 is 1.27 bits per heavy atom. The van der Waals surface area contributed by atoms with E-state index in [0.29, 0.717) is 17.9 Å². The van der Waals surface area contributed by atoms with E-state index in [4.69, 9.17) is 0 Å². The van der Waals surface area contributed by atoms with Crippen molar-refractivity contribution in [3.05, 3.63) is 60.7 Å². The van der Waals surface area contributed by atoms with E-state index < -0.39 is 0 Å². The first-order valence-corrected chi connectivity index (χ1v) is 8.17. The fourth-order valence-electron chi connectivity index (χ4n) is 1.79. The summed E-state index contributed by atoms with van der Waals surface area (Å²) >= 11 is 1.45. The molecule has 0 spiro atoms. The number of anilines is 2. The van der Waals surface area contributed by atoms with Gasteiger partial charge in [-0.3, -0.25) is 9.59 Å². The largest absolute Gasteiger partial charge is 0.326 e. The van der Waals surface area contributed by atoms with Gasteiger partial charge < -0.3 is 10.6 Å². The Balaban J connectivity index is 1.60. The highest BCUT2D eigenvalue weighted by atomic mass is 32.2. The summed E-state index contributed by atoms with van der Waals surface area (Å²) in [6.07, 6.45) is 0.387. The lowest BCUT2D eigenvalue weighted by Crippen LogP contribution is -2.16. The minimum atomic E-state index is -0.0559. The highest BCUT2D eigenvalue weighted by Gasteiger charge is 2.05. The van der Waals surface area contributed by atoms with Crippen molar-refractivity contribution in [3.8, 4) is 0 Å². The Hall–Kier alpha value is -2.27. The summed E-state index contributed by atoms with van der Waals surface area (Å²) in [6, 6.07) is 18.7. The van der Waals surface area contributed by atoms with Crippen molar-refractivity contribution >= 4 is 35.0 Å². The third-order valence-corrected chi connectivity index (χ3v) is 3.78. The van der Waals surface area contributed by atoms with Crippen LogP contribution in [0.2, 0.25) is 0 Å². The van der Waals surface area contributed by atoms with Crippen LogP contribution in [0.3, 0.4) is 0 Å². The SMILES string of the molecule is O=C(CCSCC(=O)Nc1ccccc1)Nc1ccccc1. The smallest absolute Gasteiger partial charge is 0.234 e. The highest BCUT2D eigenvalue weighted by molar-refractivity contribution is 7.99. The lowest BCUT2D eigenvalue weighted by atomic mass is 10.3. The van der Waals surface area contributed by atoms with Crippen LogP contribution in [0.5, 0.6) is 0 Å². The molecular formula is C17H18N2O2S. The molecule has 2 amide bonds. The first kappa shape index (κ1) is 16.1. The number of thioether (sulfide) groups is 1. The van der Waals surface area contributed by atoms with Crippen molar-refractivity contribution in [2.45, 2.75) is 6.42 Å². The van der Waals surface area contributed by atoms with Crippen LogP contribution in [0.1, 0.15) is 6.42 Å². The Morgan fingerprint density at radius 3 is 1.82 bits per heavy atom. The summed E-state index contributed by atoms with van der Waals surface area (Å²) in [5, 5.41) is 5.63. The Labute approximate surface area is 134 Å². The van der Waals surface area contributed by atoms with Crippen LogP contribution in [0.15, 0.2) is 60.7 Å². The van der Waals surface area contributed by atoms with E-state index in [0.717, 1.165) is 11.4 Å². The molecule has 0 fully saturated rings. The second-order valence-electron chi connectivity index (χ2n) is 4.63. The maximum atomic E-state index is 11.7. The summed E-state index contributed by atoms with van der Waals surface area (Å²) in [5.74, 6) is 0.857. The second kappa shape index (κ2) is 8.89. The van der Waals surface area contributed by atoms with Gasteiger partial charge in [-0.2, -0.15) is 11.8 Å². The third-order valence-electron chi connectivity index (χ3n) is 2.82. The van der Waals surface area contributed by atoms with Gasteiger partial charge in [0.1, 0.15) is 0 Å². The molecule has 0 aliphatic heterocycles. The van der Waals surface area contributed by atoms with E-state index in [1.54, 1.807) is 0 Å². The van der Waals surface area contributed by atoms with Crippen LogP contribution in [-0.2, 0) is 9.59 Å². The summed E-state index contributed by atoms with van der Waals surface area (Å²) in [6.45, 7) is 0. The molecule has 2 N–H and O–H groups in total. The van der Waals surface area contributed by atoms with Gasteiger partial charge in [-0.25, -0.2) is 0 Å². The Kier molecular flexibility index (Phi) is 6.51. The molecule has 0 saturated heterocycles. The third kappa shape index (κ3) is 6.01. The average molecular weight is 314 g/mol. The van der Waals surface area contributed by atoms with Gasteiger partial charge in [0.2, 0.25) is 11.8 Å². The van der Waals surface area contributed by atoms with Crippen LogP contribution in [-0.4, -0.2) is 23.3 Å². The van der Waals surface area contributed by atoms with Crippen molar-refractivity contribution in [1.29, 1.82) is 0 Å². The molecule has 2 aromatic carbocycles. The first-order chi connectivity index (χ1) is 10.7. The van der Waals surface area contributed by atoms with Crippen LogP contribution in [0.4, 0.5) is 11.4 Å². The summed E-state index contributed by atoms with van der Waals surface area (Å²) in [7, 11) is 0. The molecule has 2 aromatic rings. The first-order valence-electron chi connectivity index (χ1n) is 7.01. The fraction of sp³-hybridized carbons (Fsp3) is 0.176. The van der Waals surface area contributed by atoms with Crippen molar-refractivity contribution in [2.75, 3.05) is 22.1 Å². The molecule has 4 nitrogen and oxygen atoms in total. The van der Waals surface area contributed by atoms with Crippen LogP contribution >= 0.6 is 11.8 Å². The van der Waals surface area contributed by atoms with Crippen molar-refractivity contribution < 1.29 is 9.59 Å². The molecule has 0 atom stereocenters. The maximum absolute atomic E-state index is 11.7. The molecule has 0 aliphatic carbocycles. The zero-order valence-electron chi connectivity index (χ0n) is 12.1. The Bertz CT molecular complexity index is 547. The molecular weight excluding hydrogens is 296 g/mol. The molecule has 22 heavy (non-hydrogen) atoms. The highest BCUT2D eigenvalue weighted by Crippen LogP contribution is 2.09. The van der Waals surface area contributed by atoms with Gasteiger partial charge in [0, 0.05) is 23.5 Å². The molecule has 0 bridgehead atoms. The molecule has 0 radical (unpaired) electrons.